The monoisotopic (exact) mass is 236 g/mol. The van der Waals surface area contributed by atoms with Crippen LogP contribution in [0.2, 0.25) is 0 Å². The highest BCUT2D eigenvalue weighted by Crippen LogP contribution is 2.16. The molecule has 0 atom stereocenters. The van der Waals surface area contributed by atoms with E-state index >= 15 is 0 Å². The molecule has 0 N–H and O–H groups in total. The van der Waals surface area contributed by atoms with Crippen LogP contribution in [0.4, 0.5) is 0 Å². The van der Waals surface area contributed by atoms with Crippen molar-refractivity contribution >= 4 is 30.9 Å². The second kappa shape index (κ2) is 5.82. The number of halogens is 1. The van der Waals surface area contributed by atoms with E-state index in [1.54, 1.807) is 13.8 Å². The molecule has 0 spiro atoms. The molecular weight excluding hydrogens is 224 g/mol. The number of carbonyl (C=O) groups excluding carboxylic acids is 2. The summed E-state index contributed by atoms with van der Waals surface area (Å²) in [6, 6.07) is 0. The summed E-state index contributed by atoms with van der Waals surface area (Å²) in [5.41, 5.74) is 1.19. The Morgan fingerprint density at radius 3 is 1.86 bits per heavy atom. The molecule has 0 aliphatic heterocycles. The second-order valence-corrected chi connectivity index (χ2v) is 6.00. The van der Waals surface area contributed by atoms with Crippen LogP contribution in [-0.2, 0) is 18.4 Å². The lowest BCUT2D eigenvalue weighted by molar-refractivity contribution is -0.140. The molecule has 0 aromatic heterocycles. The normalized spacial score (nSPS) is 10.5. The van der Waals surface area contributed by atoms with Crippen molar-refractivity contribution in [2.45, 2.75) is 26.7 Å². The third kappa shape index (κ3) is 4.43. The maximum atomic E-state index is 10.9. The van der Waals surface area contributed by atoms with Gasteiger partial charge in [-0.25, -0.2) is 0 Å². The van der Waals surface area contributed by atoms with Crippen LogP contribution in [0.25, 0.3) is 0 Å². The Morgan fingerprint density at radius 2 is 1.64 bits per heavy atom. The van der Waals surface area contributed by atoms with Crippen LogP contribution in [0.3, 0.4) is 0 Å². The van der Waals surface area contributed by atoms with Crippen molar-refractivity contribution in [1.82, 2.24) is 0 Å². The SMILES string of the molecule is C=C[Si](Cl)(OC(=O)CC)OC(=O)CC. The van der Waals surface area contributed by atoms with Gasteiger partial charge in [0, 0.05) is 12.8 Å². The predicted octanol–water partition coefficient (Wildman–Crippen LogP) is 1.80. The van der Waals surface area contributed by atoms with Gasteiger partial charge in [-0.05, 0) is 5.70 Å². The molecule has 4 nitrogen and oxygen atoms in total. The zero-order valence-electron chi connectivity index (χ0n) is 8.21. The average molecular weight is 237 g/mol. The number of carbonyl (C=O) groups is 2. The van der Waals surface area contributed by atoms with E-state index in [9.17, 15) is 9.59 Å². The molecule has 0 bridgehead atoms. The number of hydrogen-bond donors (Lipinski definition) is 0. The molecule has 0 saturated carbocycles. The smallest absolute Gasteiger partial charge is 0.471 e. The highest BCUT2D eigenvalue weighted by atomic mass is 35.6. The van der Waals surface area contributed by atoms with Gasteiger partial charge in [0.1, 0.15) is 0 Å². The maximum Gasteiger partial charge on any atom is 0.600 e. The lowest BCUT2D eigenvalue weighted by atomic mass is 10.5. The molecule has 14 heavy (non-hydrogen) atoms. The molecule has 0 radical (unpaired) electrons. The Bertz CT molecular complexity index is 223. The van der Waals surface area contributed by atoms with Gasteiger partial charge in [0.15, 0.2) is 0 Å². The topological polar surface area (TPSA) is 52.6 Å². The zero-order valence-corrected chi connectivity index (χ0v) is 9.97. The standard InChI is InChI=1S/C8H13ClO4Si/c1-4-7(10)12-14(9,6-3)13-8(11)5-2/h6H,3-5H2,1-2H3. The van der Waals surface area contributed by atoms with Gasteiger partial charge in [0.05, 0.1) is 0 Å². The second-order valence-electron chi connectivity index (χ2n) is 2.44. The molecule has 80 valence electrons. The van der Waals surface area contributed by atoms with E-state index < -0.39 is 19.8 Å². The first-order valence-electron chi connectivity index (χ1n) is 4.23. The van der Waals surface area contributed by atoms with Crippen LogP contribution in [-0.4, -0.2) is 19.8 Å². The molecule has 0 fully saturated rings. The largest absolute Gasteiger partial charge is 0.600 e. The molecule has 0 rings (SSSR count). The van der Waals surface area contributed by atoms with E-state index in [2.05, 4.69) is 6.58 Å². The first-order valence-corrected chi connectivity index (χ1v) is 7.14. The predicted molar refractivity (Wildman–Crippen MR) is 54.6 cm³/mol. The Balaban J connectivity index is 4.39. The summed E-state index contributed by atoms with van der Waals surface area (Å²) in [5.74, 6) is -1.01. The quantitative estimate of drug-likeness (QED) is 0.540. The van der Waals surface area contributed by atoms with Crippen LogP contribution in [0.5, 0.6) is 0 Å². The minimum atomic E-state index is -3.35. The minimum absolute atomic E-state index is 0.180. The van der Waals surface area contributed by atoms with Gasteiger partial charge in [0.2, 0.25) is 0 Å². The molecule has 0 saturated heterocycles. The van der Waals surface area contributed by atoms with Crippen LogP contribution < -0.4 is 0 Å². The molecule has 0 aliphatic carbocycles. The molecule has 0 unspecified atom stereocenters. The van der Waals surface area contributed by atoms with Crippen LogP contribution >= 0.6 is 11.1 Å². The van der Waals surface area contributed by atoms with E-state index in [0.717, 1.165) is 0 Å². The fourth-order valence-electron chi connectivity index (χ4n) is 0.559. The van der Waals surface area contributed by atoms with Crippen LogP contribution in [0, 0.1) is 0 Å². The van der Waals surface area contributed by atoms with Gasteiger partial charge in [-0.3, -0.25) is 9.59 Å². The number of hydrogen-bond acceptors (Lipinski definition) is 4. The van der Waals surface area contributed by atoms with Gasteiger partial charge in [-0.15, -0.1) is 0 Å². The Morgan fingerprint density at radius 1 is 1.29 bits per heavy atom. The summed E-state index contributed by atoms with van der Waals surface area (Å²) in [7, 11) is -3.35. The highest BCUT2D eigenvalue weighted by molar-refractivity contribution is 7.16. The summed E-state index contributed by atoms with van der Waals surface area (Å²) >= 11 is 5.81. The van der Waals surface area contributed by atoms with Crippen LogP contribution in [0.15, 0.2) is 12.3 Å². The van der Waals surface area contributed by atoms with E-state index in [1.807, 2.05) is 0 Å². The maximum absolute atomic E-state index is 10.9. The Kier molecular flexibility index (Phi) is 5.48. The van der Waals surface area contributed by atoms with Gasteiger partial charge in [0.25, 0.3) is 11.9 Å². The van der Waals surface area contributed by atoms with E-state index in [-0.39, 0.29) is 12.8 Å². The third-order valence-electron chi connectivity index (χ3n) is 1.33. The van der Waals surface area contributed by atoms with Gasteiger partial charge in [-0.1, -0.05) is 31.5 Å². The summed E-state index contributed by atoms with van der Waals surface area (Å²) in [4.78, 5) is 21.9. The molecule has 0 amide bonds. The van der Waals surface area contributed by atoms with Crippen molar-refractivity contribution in [1.29, 1.82) is 0 Å². The van der Waals surface area contributed by atoms with E-state index in [4.69, 9.17) is 19.9 Å². The summed E-state index contributed by atoms with van der Waals surface area (Å²) in [6.45, 7) is 6.63. The Labute approximate surface area is 88.8 Å². The van der Waals surface area contributed by atoms with E-state index in [1.165, 1.54) is 5.70 Å². The first kappa shape index (κ1) is 13.2. The molecule has 0 aromatic rings. The lowest BCUT2D eigenvalue weighted by Gasteiger charge is -2.19. The van der Waals surface area contributed by atoms with Crippen molar-refractivity contribution in [3.05, 3.63) is 12.3 Å². The summed E-state index contributed by atoms with van der Waals surface area (Å²) in [6.07, 6.45) is 0.359. The van der Waals surface area contributed by atoms with Gasteiger partial charge < -0.3 is 8.85 Å². The van der Waals surface area contributed by atoms with E-state index in [0.29, 0.717) is 0 Å². The molecule has 0 aliphatic rings. The van der Waals surface area contributed by atoms with Crippen molar-refractivity contribution in [2.75, 3.05) is 0 Å². The molecule has 0 heterocycles. The van der Waals surface area contributed by atoms with Crippen LogP contribution in [0.1, 0.15) is 26.7 Å². The molecular formula is C8H13ClO4Si. The van der Waals surface area contributed by atoms with Gasteiger partial charge >= 0.3 is 7.87 Å². The lowest BCUT2D eigenvalue weighted by Crippen LogP contribution is -2.38. The number of rotatable bonds is 5. The van der Waals surface area contributed by atoms with Crippen molar-refractivity contribution in [3.8, 4) is 0 Å². The third-order valence-corrected chi connectivity index (χ3v) is 3.75. The summed E-state index contributed by atoms with van der Waals surface area (Å²) < 4.78 is 9.63. The average Bonchev–Trinajstić information content (AvgIpc) is 2.17. The Hall–Kier alpha value is -0.813. The first-order chi connectivity index (χ1) is 6.47. The highest BCUT2D eigenvalue weighted by Gasteiger charge is 2.40. The molecule has 0 aromatic carbocycles. The van der Waals surface area contributed by atoms with Crippen molar-refractivity contribution in [3.63, 3.8) is 0 Å². The fourth-order valence-corrected chi connectivity index (χ4v) is 2.19. The molecule has 6 heteroatoms. The fraction of sp³-hybridized carbons (Fsp3) is 0.500. The zero-order chi connectivity index (χ0) is 11.2. The summed E-state index contributed by atoms with van der Waals surface area (Å²) in [5, 5.41) is 0. The minimum Gasteiger partial charge on any atom is -0.471 e. The van der Waals surface area contributed by atoms with Gasteiger partial charge in [-0.2, -0.15) is 0 Å². The van der Waals surface area contributed by atoms with Crippen molar-refractivity contribution < 1.29 is 18.4 Å². The van der Waals surface area contributed by atoms with Crippen molar-refractivity contribution in [2.24, 2.45) is 0 Å².